The molecule has 0 atom stereocenters. The number of morpholine rings is 1. The third kappa shape index (κ3) is 4.76. The Labute approximate surface area is 194 Å². The number of aromatic nitrogens is 1. The van der Waals surface area contributed by atoms with E-state index in [1.807, 2.05) is 52.3 Å². The van der Waals surface area contributed by atoms with Crippen LogP contribution < -0.4 is 0 Å². The van der Waals surface area contributed by atoms with Crippen molar-refractivity contribution in [3.05, 3.63) is 77.6 Å². The molecule has 2 aromatic carbocycles. The monoisotopic (exact) mass is 443 g/mol. The maximum Gasteiger partial charge on any atom is 0.273 e. The molecule has 0 bridgehead atoms. The molecule has 3 heterocycles. The van der Waals surface area contributed by atoms with Gasteiger partial charge in [-0.1, -0.05) is 36.4 Å². The lowest BCUT2D eigenvalue weighted by Gasteiger charge is -2.32. The Morgan fingerprint density at radius 2 is 1.55 bits per heavy atom. The molecule has 2 saturated heterocycles. The number of amides is 2. The van der Waals surface area contributed by atoms with Crippen molar-refractivity contribution in [3.63, 3.8) is 0 Å². The number of ether oxygens (including phenoxy) is 1. The summed E-state index contributed by atoms with van der Waals surface area (Å²) in [5, 5.41) is 1.96. The van der Waals surface area contributed by atoms with Gasteiger partial charge in [-0.2, -0.15) is 0 Å². The molecule has 0 N–H and O–H groups in total. The molecule has 0 spiro atoms. The number of hydrogen-bond acceptors (Lipinski definition) is 4. The molecule has 33 heavy (non-hydrogen) atoms. The zero-order valence-electron chi connectivity index (χ0n) is 18.8. The number of hydrogen-bond donors (Lipinski definition) is 0. The van der Waals surface area contributed by atoms with E-state index in [2.05, 4.69) is 17.1 Å². The van der Waals surface area contributed by atoms with Gasteiger partial charge in [0.1, 0.15) is 5.69 Å². The molecule has 0 saturated carbocycles. The van der Waals surface area contributed by atoms with Crippen molar-refractivity contribution in [2.75, 3.05) is 39.4 Å². The van der Waals surface area contributed by atoms with Crippen LogP contribution in [0.5, 0.6) is 0 Å². The number of pyridine rings is 1. The van der Waals surface area contributed by atoms with Crippen LogP contribution >= 0.6 is 0 Å². The van der Waals surface area contributed by atoms with Crippen molar-refractivity contribution < 1.29 is 14.3 Å². The van der Waals surface area contributed by atoms with Crippen molar-refractivity contribution in [2.24, 2.45) is 5.92 Å². The van der Waals surface area contributed by atoms with Crippen molar-refractivity contribution in [1.29, 1.82) is 0 Å². The number of fused-ring (bicyclic) bond motifs is 1. The molecule has 1 aromatic heterocycles. The van der Waals surface area contributed by atoms with E-state index in [-0.39, 0.29) is 11.8 Å². The van der Waals surface area contributed by atoms with Crippen LogP contribution in [0.25, 0.3) is 10.8 Å². The summed E-state index contributed by atoms with van der Waals surface area (Å²) in [5.41, 5.74) is 2.53. The third-order valence-electron chi connectivity index (χ3n) is 6.80. The smallest absolute Gasteiger partial charge is 0.273 e. The van der Waals surface area contributed by atoms with Crippen LogP contribution in [0.4, 0.5) is 0 Å². The highest BCUT2D eigenvalue weighted by Crippen LogP contribution is 2.25. The predicted octanol–water partition coefficient (Wildman–Crippen LogP) is 3.80. The van der Waals surface area contributed by atoms with E-state index >= 15 is 0 Å². The third-order valence-corrected chi connectivity index (χ3v) is 6.80. The average Bonchev–Trinajstić information content (AvgIpc) is 2.89. The van der Waals surface area contributed by atoms with Crippen LogP contribution in [0.3, 0.4) is 0 Å². The highest BCUT2D eigenvalue weighted by Gasteiger charge is 2.26. The van der Waals surface area contributed by atoms with Crippen molar-refractivity contribution >= 4 is 22.6 Å². The summed E-state index contributed by atoms with van der Waals surface area (Å²) in [6.45, 7) is 4.05. The lowest BCUT2D eigenvalue weighted by atomic mass is 9.89. The first-order valence-electron chi connectivity index (χ1n) is 11.8. The van der Waals surface area contributed by atoms with Gasteiger partial charge in [0.2, 0.25) is 0 Å². The summed E-state index contributed by atoms with van der Waals surface area (Å²) in [7, 11) is 0. The van der Waals surface area contributed by atoms with Gasteiger partial charge in [-0.15, -0.1) is 0 Å². The molecule has 2 amide bonds. The highest BCUT2D eigenvalue weighted by molar-refractivity contribution is 6.05. The summed E-state index contributed by atoms with van der Waals surface area (Å²) < 4.78 is 5.33. The molecule has 0 unspecified atom stereocenters. The van der Waals surface area contributed by atoms with Gasteiger partial charge in [-0.25, -0.2) is 0 Å². The molecule has 5 rings (SSSR count). The minimum absolute atomic E-state index is 0.0243. The van der Waals surface area contributed by atoms with E-state index in [9.17, 15) is 9.59 Å². The van der Waals surface area contributed by atoms with E-state index in [0.29, 0.717) is 37.9 Å². The number of benzene rings is 2. The van der Waals surface area contributed by atoms with Gasteiger partial charge in [-0.05, 0) is 54.3 Å². The molecule has 6 heteroatoms. The van der Waals surface area contributed by atoms with Gasteiger partial charge < -0.3 is 14.5 Å². The summed E-state index contributed by atoms with van der Waals surface area (Å²) in [6, 6.07) is 17.9. The number of nitrogens with zero attached hydrogens (tertiary/aromatic N) is 3. The van der Waals surface area contributed by atoms with Crippen molar-refractivity contribution in [2.45, 2.75) is 19.3 Å². The standard InChI is InChI=1S/C27H29N3O3/c31-26(30-15-17-33-18-16-30)23-7-5-20(6-8-23)19-21-10-13-29(14-11-21)27(32)25-24-4-2-1-3-22(24)9-12-28-25/h1-9,12,21H,10-11,13-19H2. The number of rotatable bonds is 4. The molecular formula is C27H29N3O3. The SMILES string of the molecule is O=C(c1ccc(CC2CCN(C(=O)c3nccc4ccccc34)CC2)cc1)N1CCOCC1. The molecule has 3 aromatic rings. The van der Waals surface area contributed by atoms with Gasteiger partial charge in [0.25, 0.3) is 11.8 Å². The van der Waals surface area contributed by atoms with E-state index in [1.165, 1.54) is 5.56 Å². The summed E-state index contributed by atoms with van der Waals surface area (Å²) >= 11 is 0. The molecule has 170 valence electrons. The largest absolute Gasteiger partial charge is 0.378 e. The molecule has 6 nitrogen and oxygen atoms in total. The summed E-state index contributed by atoms with van der Waals surface area (Å²) in [5.74, 6) is 0.644. The van der Waals surface area contributed by atoms with Gasteiger partial charge in [-0.3, -0.25) is 14.6 Å². The normalized spacial score (nSPS) is 17.3. The van der Waals surface area contributed by atoms with Gasteiger partial charge in [0, 0.05) is 43.3 Å². The quantitative estimate of drug-likeness (QED) is 0.615. The summed E-state index contributed by atoms with van der Waals surface area (Å²) in [4.78, 5) is 34.0. The molecule has 0 aliphatic carbocycles. The van der Waals surface area contributed by atoms with E-state index < -0.39 is 0 Å². The van der Waals surface area contributed by atoms with Crippen LogP contribution in [0.15, 0.2) is 60.8 Å². The van der Waals surface area contributed by atoms with Crippen LogP contribution in [0.1, 0.15) is 39.3 Å². The topological polar surface area (TPSA) is 62.7 Å². The Morgan fingerprint density at radius 1 is 0.848 bits per heavy atom. The fraction of sp³-hybridized carbons (Fsp3) is 0.370. The fourth-order valence-electron chi connectivity index (χ4n) is 4.85. The second kappa shape index (κ2) is 9.71. The molecule has 2 aliphatic rings. The van der Waals surface area contributed by atoms with Gasteiger partial charge in [0.05, 0.1) is 13.2 Å². The Kier molecular flexibility index (Phi) is 6.35. The Bertz CT molecular complexity index is 1130. The minimum Gasteiger partial charge on any atom is -0.378 e. The average molecular weight is 444 g/mol. The molecule has 2 fully saturated rings. The zero-order valence-corrected chi connectivity index (χ0v) is 18.8. The number of carbonyl (C=O) groups is 2. The van der Waals surface area contributed by atoms with Gasteiger partial charge in [0.15, 0.2) is 0 Å². The van der Waals surface area contributed by atoms with Crippen LogP contribution in [0, 0.1) is 5.92 Å². The zero-order chi connectivity index (χ0) is 22.6. The predicted molar refractivity (Wildman–Crippen MR) is 127 cm³/mol. The fourth-order valence-corrected chi connectivity index (χ4v) is 4.85. The second-order valence-corrected chi connectivity index (χ2v) is 8.92. The van der Waals surface area contributed by atoms with Crippen LogP contribution in [0.2, 0.25) is 0 Å². The van der Waals surface area contributed by atoms with Gasteiger partial charge >= 0.3 is 0 Å². The van der Waals surface area contributed by atoms with Crippen molar-refractivity contribution in [3.8, 4) is 0 Å². The lowest BCUT2D eigenvalue weighted by Crippen LogP contribution is -2.40. The Hall–Kier alpha value is -3.25. The molecular weight excluding hydrogens is 414 g/mol. The Balaban J connectivity index is 1.17. The number of carbonyl (C=O) groups excluding carboxylic acids is 2. The first-order valence-corrected chi connectivity index (χ1v) is 11.8. The van der Waals surface area contributed by atoms with E-state index in [4.69, 9.17) is 4.74 Å². The minimum atomic E-state index is 0.0243. The van der Waals surface area contributed by atoms with E-state index in [1.54, 1.807) is 6.20 Å². The first-order chi connectivity index (χ1) is 16.2. The van der Waals surface area contributed by atoms with Crippen LogP contribution in [-0.2, 0) is 11.2 Å². The van der Waals surface area contributed by atoms with E-state index in [0.717, 1.165) is 48.7 Å². The maximum absolute atomic E-state index is 13.1. The number of likely N-dealkylation sites (tertiary alicyclic amines) is 1. The highest BCUT2D eigenvalue weighted by atomic mass is 16.5. The van der Waals surface area contributed by atoms with Crippen molar-refractivity contribution in [1.82, 2.24) is 14.8 Å². The molecule has 2 aliphatic heterocycles. The lowest BCUT2D eigenvalue weighted by molar-refractivity contribution is 0.0303. The Morgan fingerprint density at radius 3 is 2.30 bits per heavy atom. The van der Waals surface area contributed by atoms with Crippen LogP contribution in [-0.4, -0.2) is 66.0 Å². The molecule has 0 radical (unpaired) electrons. The maximum atomic E-state index is 13.1. The second-order valence-electron chi connectivity index (χ2n) is 8.92. The first kappa shape index (κ1) is 21.6. The number of piperidine rings is 1. The summed E-state index contributed by atoms with van der Waals surface area (Å²) in [6.07, 6.45) is 4.65.